The lowest BCUT2D eigenvalue weighted by molar-refractivity contribution is 0.482. The summed E-state index contributed by atoms with van der Waals surface area (Å²) < 4.78 is 34.1. The molecule has 1 saturated carbocycles. The van der Waals surface area contributed by atoms with Crippen molar-refractivity contribution < 1.29 is 13.5 Å². The van der Waals surface area contributed by atoms with Gasteiger partial charge in [0.05, 0.1) is 0 Å². The zero-order valence-electron chi connectivity index (χ0n) is 15.5. The van der Waals surface area contributed by atoms with Gasteiger partial charge in [-0.1, -0.05) is 42.5 Å². The molecular formula is C25H22F2O. The Balaban J connectivity index is 1.48. The van der Waals surface area contributed by atoms with Crippen LogP contribution < -0.4 is 4.74 Å². The Morgan fingerprint density at radius 3 is 2.36 bits per heavy atom. The molecule has 1 aliphatic rings. The van der Waals surface area contributed by atoms with E-state index in [1.54, 1.807) is 18.2 Å². The van der Waals surface area contributed by atoms with Crippen LogP contribution in [0.2, 0.25) is 0 Å². The molecule has 1 nitrogen and oxygen atoms in total. The van der Waals surface area contributed by atoms with E-state index in [9.17, 15) is 4.39 Å². The average Bonchev–Trinajstić information content (AvgIpc) is 3.54. The number of hydrogen-bond donors (Lipinski definition) is 0. The number of allylic oxidation sites excluding steroid dienone is 2. The van der Waals surface area contributed by atoms with E-state index in [4.69, 9.17) is 4.74 Å². The lowest BCUT2D eigenvalue weighted by Gasteiger charge is -2.15. The Kier molecular flexibility index (Phi) is 5.52. The molecular weight excluding hydrogens is 354 g/mol. The largest absolute Gasteiger partial charge is 0.457 e. The summed E-state index contributed by atoms with van der Waals surface area (Å²) >= 11 is 0. The monoisotopic (exact) mass is 376 g/mol. The fraction of sp³-hybridized carbons (Fsp3) is 0.200. The maximum Gasteiger partial charge on any atom is 0.127 e. The molecule has 4 rings (SSSR count). The lowest BCUT2D eigenvalue weighted by Crippen LogP contribution is -2.03. The van der Waals surface area contributed by atoms with Crippen molar-refractivity contribution in [2.75, 3.05) is 0 Å². The van der Waals surface area contributed by atoms with Crippen LogP contribution in [0.5, 0.6) is 11.5 Å². The standard InChI is InChI=1S/C25H22F2O/c26-21-14-12-20(13-15-21)25(19-10-11-19)24(27)16-9-18-5-4-8-23(17-18)28-22-6-2-1-3-7-22/h1-8,12-17,19,25H,9-11H2/t25-/m1/s1. The van der Waals surface area contributed by atoms with Crippen LogP contribution in [0.4, 0.5) is 8.78 Å². The van der Waals surface area contributed by atoms with Crippen molar-refractivity contribution in [3.8, 4) is 11.5 Å². The molecule has 142 valence electrons. The quantitative estimate of drug-likeness (QED) is 0.423. The average molecular weight is 376 g/mol. The molecule has 1 aliphatic carbocycles. The molecule has 1 atom stereocenters. The summed E-state index contributed by atoms with van der Waals surface area (Å²) in [6.07, 6.45) is 4.17. The molecule has 28 heavy (non-hydrogen) atoms. The Morgan fingerprint density at radius 2 is 1.64 bits per heavy atom. The van der Waals surface area contributed by atoms with E-state index in [-0.39, 0.29) is 17.6 Å². The van der Waals surface area contributed by atoms with Crippen molar-refractivity contribution in [1.29, 1.82) is 0 Å². The van der Waals surface area contributed by atoms with Gasteiger partial charge in [-0.15, -0.1) is 0 Å². The van der Waals surface area contributed by atoms with Gasteiger partial charge in [-0.25, -0.2) is 8.78 Å². The highest BCUT2D eigenvalue weighted by Gasteiger charge is 2.35. The topological polar surface area (TPSA) is 9.23 Å². The second-order valence-corrected chi connectivity index (χ2v) is 7.22. The number of ether oxygens (including phenoxy) is 1. The predicted octanol–water partition coefficient (Wildman–Crippen LogP) is 7.21. The van der Waals surface area contributed by atoms with Crippen molar-refractivity contribution >= 4 is 0 Å². The summed E-state index contributed by atoms with van der Waals surface area (Å²) in [4.78, 5) is 0. The fourth-order valence-electron chi connectivity index (χ4n) is 3.46. The minimum Gasteiger partial charge on any atom is -0.457 e. The van der Waals surface area contributed by atoms with Crippen LogP contribution in [0.15, 0.2) is 90.8 Å². The third-order valence-corrected chi connectivity index (χ3v) is 5.03. The lowest BCUT2D eigenvalue weighted by atomic mass is 9.92. The van der Waals surface area contributed by atoms with Gasteiger partial charge in [0, 0.05) is 5.92 Å². The summed E-state index contributed by atoms with van der Waals surface area (Å²) in [7, 11) is 0. The molecule has 0 bridgehead atoms. The van der Waals surface area contributed by atoms with E-state index >= 15 is 4.39 Å². The fourth-order valence-corrected chi connectivity index (χ4v) is 3.46. The van der Waals surface area contributed by atoms with Crippen molar-refractivity contribution in [1.82, 2.24) is 0 Å². The van der Waals surface area contributed by atoms with Gasteiger partial charge in [0.15, 0.2) is 0 Å². The molecule has 3 aromatic carbocycles. The molecule has 0 aromatic heterocycles. The van der Waals surface area contributed by atoms with E-state index in [2.05, 4.69) is 0 Å². The molecule has 0 spiro atoms. The van der Waals surface area contributed by atoms with Crippen LogP contribution in [0.3, 0.4) is 0 Å². The Morgan fingerprint density at radius 1 is 0.929 bits per heavy atom. The molecule has 3 heteroatoms. The molecule has 0 N–H and O–H groups in total. The van der Waals surface area contributed by atoms with Crippen molar-refractivity contribution in [2.24, 2.45) is 5.92 Å². The second kappa shape index (κ2) is 8.39. The third-order valence-electron chi connectivity index (χ3n) is 5.03. The van der Waals surface area contributed by atoms with Gasteiger partial charge in [0.1, 0.15) is 23.1 Å². The number of para-hydroxylation sites is 1. The van der Waals surface area contributed by atoms with Gasteiger partial charge in [-0.3, -0.25) is 0 Å². The summed E-state index contributed by atoms with van der Waals surface area (Å²) in [5.74, 6) is 1.11. The number of halogens is 2. The van der Waals surface area contributed by atoms with E-state index in [0.29, 0.717) is 12.3 Å². The molecule has 0 unspecified atom stereocenters. The van der Waals surface area contributed by atoms with Crippen molar-refractivity contribution in [2.45, 2.75) is 25.2 Å². The molecule has 0 heterocycles. The van der Waals surface area contributed by atoms with Crippen LogP contribution in [0.25, 0.3) is 0 Å². The number of rotatable bonds is 7. The second-order valence-electron chi connectivity index (χ2n) is 7.22. The predicted molar refractivity (Wildman–Crippen MR) is 108 cm³/mol. The van der Waals surface area contributed by atoms with Gasteiger partial charge in [0.25, 0.3) is 0 Å². The van der Waals surface area contributed by atoms with Crippen molar-refractivity contribution in [3.63, 3.8) is 0 Å². The summed E-state index contributed by atoms with van der Waals surface area (Å²) in [5.41, 5.74) is 1.83. The molecule has 0 amide bonds. The normalized spacial score (nSPS) is 15.3. The summed E-state index contributed by atoms with van der Waals surface area (Å²) in [6.45, 7) is 0. The molecule has 0 radical (unpaired) electrons. The molecule has 1 fully saturated rings. The molecule has 3 aromatic rings. The Bertz CT molecular complexity index is 944. The zero-order chi connectivity index (χ0) is 19.3. The van der Waals surface area contributed by atoms with Crippen LogP contribution >= 0.6 is 0 Å². The summed E-state index contributed by atoms with van der Waals surface area (Å²) in [6, 6.07) is 23.5. The first-order valence-corrected chi connectivity index (χ1v) is 9.62. The minimum atomic E-state index is -0.294. The van der Waals surface area contributed by atoms with Gasteiger partial charge < -0.3 is 4.74 Å². The smallest absolute Gasteiger partial charge is 0.127 e. The highest BCUT2D eigenvalue weighted by Crippen LogP contribution is 2.47. The van der Waals surface area contributed by atoms with Crippen LogP contribution in [-0.2, 0) is 6.42 Å². The van der Waals surface area contributed by atoms with Crippen LogP contribution in [0.1, 0.15) is 29.9 Å². The first-order chi connectivity index (χ1) is 13.7. The summed E-state index contributed by atoms with van der Waals surface area (Å²) in [5, 5.41) is 0. The highest BCUT2D eigenvalue weighted by molar-refractivity contribution is 5.35. The Labute approximate surface area is 164 Å². The molecule has 0 aliphatic heterocycles. The van der Waals surface area contributed by atoms with E-state index in [0.717, 1.165) is 35.5 Å². The third kappa shape index (κ3) is 4.66. The van der Waals surface area contributed by atoms with Gasteiger partial charge in [-0.05, 0) is 78.8 Å². The maximum atomic E-state index is 15.0. The maximum absolute atomic E-state index is 15.0. The van der Waals surface area contributed by atoms with Crippen LogP contribution in [-0.4, -0.2) is 0 Å². The number of hydrogen-bond acceptors (Lipinski definition) is 1. The number of benzene rings is 3. The zero-order valence-corrected chi connectivity index (χ0v) is 15.5. The van der Waals surface area contributed by atoms with Crippen molar-refractivity contribution in [3.05, 3.63) is 108 Å². The van der Waals surface area contributed by atoms with Gasteiger partial charge >= 0.3 is 0 Å². The van der Waals surface area contributed by atoms with E-state index < -0.39 is 0 Å². The Hall–Kier alpha value is -2.94. The van der Waals surface area contributed by atoms with E-state index in [1.165, 1.54) is 12.1 Å². The van der Waals surface area contributed by atoms with Crippen LogP contribution in [0, 0.1) is 11.7 Å². The SMILES string of the molecule is FC(=CCc1cccc(Oc2ccccc2)c1)[C@@H](c1ccc(F)cc1)C1CC1. The molecule has 0 saturated heterocycles. The first kappa shape index (κ1) is 18.4. The van der Waals surface area contributed by atoms with Gasteiger partial charge in [-0.2, -0.15) is 0 Å². The highest BCUT2D eigenvalue weighted by atomic mass is 19.1. The van der Waals surface area contributed by atoms with E-state index in [1.807, 2.05) is 54.6 Å². The minimum absolute atomic E-state index is 0.136. The van der Waals surface area contributed by atoms with Gasteiger partial charge in [0.2, 0.25) is 0 Å². The first-order valence-electron chi connectivity index (χ1n) is 9.62.